The summed E-state index contributed by atoms with van der Waals surface area (Å²) < 4.78 is 0. The SMILES string of the molecule is O=C(NC1CCCCCC1)C1=C2SC3=C(C(=O)NC4CCCCCC4)NNN3C3CCCCC3N2NN1. The van der Waals surface area contributed by atoms with E-state index in [9.17, 15) is 9.59 Å². The summed E-state index contributed by atoms with van der Waals surface area (Å²) in [6, 6.07) is 0.818. The molecule has 37 heavy (non-hydrogen) atoms. The highest BCUT2D eigenvalue weighted by atomic mass is 32.2. The van der Waals surface area contributed by atoms with Crippen LogP contribution in [0.1, 0.15) is 103 Å². The number of hydrogen-bond donors (Lipinski definition) is 6. The van der Waals surface area contributed by atoms with Gasteiger partial charge in [-0.05, 0) is 50.3 Å². The number of fused-ring (bicyclic) bond motifs is 5. The van der Waals surface area contributed by atoms with E-state index in [0.29, 0.717) is 11.4 Å². The van der Waals surface area contributed by atoms with Crippen molar-refractivity contribution in [2.45, 2.75) is 127 Å². The quantitative estimate of drug-likeness (QED) is 0.306. The molecule has 204 valence electrons. The summed E-state index contributed by atoms with van der Waals surface area (Å²) in [4.78, 5) is 27.0. The molecule has 10 nitrogen and oxygen atoms in total. The first-order valence-corrected chi connectivity index (χ1v) is 15.4. The Morgan fingerprint density at radius 3 is 1.38 bits per heavy atom. The summed E-state index contributed by atoms with van der Waals surface area (Å²) in [7, 11) is 0. The number of hydrazine groups is 4. The fourth-order valence-corrected chi connectivity index (χ4v) is 8.04. The smallest absolute Gasteiger partial charge is 0.271 e. The normalized spacial score (nSPS) is 29.3. The van der Waals surface area contributed by atoms with Crippen molar-refractivity contribution in [1.82, 2.24) is 42.6 Å². The van der Waals surface area contributed by atoms with Gasteiger partial charge < -0.3 is 10.6 Å². The maximum Gasteiger partial charge on any atom is 0.271 e. The lowest BCUT2D eigenvalue weighted by molar-refractivity contribution is -0.119. The zero-order valence-corrected chi connectivity index (χ0v) is 22.6. The van der Waals surface area contributed by atoms with Crippen LogP contribution in [0.3, 0.4) is 0 Å². The molecule has 0 spiro atoms. The largest absolute Gasteiger partial charge is 0.348 e. The number of rotatable bonds is 4. The van der Waals surface area contributed by atoms with Gasteiger partial charge in [-0.1, -0.05) is 64.2 Å². The van der Waals surface area contributed by atoms with Crippen molar-refractivity contribution >= 4 is 23.6 Å². The predicted octanol–water partition coefficient (Wildman–Crippen LogP) is 2.71. The first kappa shape index (κ1) is 25.2. The Balaban J connectivity index is 1.28. The van der Waals surface area contributed by atoms with E-state index in [-0.39, 0.29) is 36.0 Å². The monoisotopic (exact) mass is 530 g/mol. The molecule has 2 atom stereocenters. The lowest BCUT2D eigenvalue weighted by atomic mass is 9.89. The highest BCUT2D eigenvalue weighted by Gasteiger charge is 2.47. The van der Waals surface area contributed by atoms with E-state index < -0.39 is 0 Å². The van der Waals surface area contributed by atoms with E-state index >= 15 is 0 Å². The molecule has 0 aromatic rings. The predicted molar refractivity (Wildman–Crippen MR) is 143 cm³/mol. The van der Waals surface area contributed by atoms with E-state index in [4.69, 9.17) is 0 Å². The van der Waals surface area contributed by atoms with Crippen LogP contribution in [0.15, 0.2) is 21.5 Å². The van der Waals surface area contributed by atoms with Gasteiger partial charge in [-0.15, -0.1) is 11.1 Å². The summed E-state index contributed by atoms with van der Waals surface area (Å²) in [6.07, 6.45) is 18.2. The average molecular weight is 531 g/mol. The minimum absolute atomic E-state index is 0.0609. The summed E-state index contributed by atoms with van der Waals surface area (Å²) in [5, 5.41) is 12.6. The fourth-order valence-electron chi connectivity index (χ4n) is 6.81. The molecule has 0 aromatic heterocycles. The van der Waals surface area contributed by atoms with Crippen molar-refractivity contribution in [2.24, 2.45) is 0 Å². The number of nitrogens with zero attached hydrogens (tertiary/aromatic N) is 2. The molecule has 0 aromatic carbocycles. The molecule has 3 saturated carbocycles. The minimum atomic E-state index is -0.0609. The van der Waals surface area contributed by atoms with Crippen molar-refractivity contribution < 1.29 is 9.59 Å². The number of carbonyl (C=O) groups excluding carboxylic acids is 2. The fraction of sp³-hybridized carbons (Fsp3) is 0.769. The molecular weight excluding hydrogens is 488 g/mol. The van der Waals surface area contributed by atoms with E-state index in [1.54, 1.807) is 0 Å². The average Bonchev–Trinajstić information content (AvgIpc) is 3.24. The highest BCUT2D eigenvalue weighted by molar-refractivity contribution is 8.06. The van der Waals surface area contributed by atoms with Gasteiger partial charge in [0.1, 0.15) is 21.5 Å². The maximum atomic E-state index is 13.5. The number of thioether (sulfide) groups is 1. The number of carbonyl (C=O) groups is 2. The molecule has 1 saturated heterocycles. The Hall–Kier alpha value is -2.11. The number of amides is 2. The molecule has 0 radical (unpaired) electrons. The Morgan fingerprint density at radius 1 is 0.595 bits per heavy atom. The van der Waals surface area contributed by atoms with Gasteiger partial charge in [0.25, 0.3) is 11.8 Å². The van der Waals surface area contributed by atoms with Crippen LogP contribution in [0.2, 0.25) is 0 Å². The van der Waals surface area contributed by atoms with Gasteiger partial charge in [0.2, 0.25) is 0 Å². The molecule has 6 rings (SSSR count). The number of nitrogens with one attached hydrogen (secondary N) is 6. The van der Waals surface area contributed by atoms with Crippen LogP contribution in [-0.2, 0) is 9.59 Å². The second-order valence-corrected chi connectivity index (χ2v) is 12.4. The van der Waals surface area contributed by atoms with E-state index in [2.05, 4.69) is 42.6 Å². The van der Waals surface area contributed by atoms with Crippen LogP contribution in [0.25, 0.3) is 0 Å². The van der Waals surface area contributed by atoms with Gasteiger partial charge in [-0.25, -0.2) is 0 Å². The molecule has 11 heteroatoms. The van der Waals surface area contributed by atoms with Gasteiger partial charge in [0, 0.05) is 12.1 Å². The summed E-state index contributed by atoms with van der Waals surface area (Å²) in [5.41, 5.74) is 14.1. The van der Waals surface area contributed by atoms with E-state index in [1.807, 2.05) is 0 Å². The van der Waals surface area contributed by atoms with Gasteiger partial charge in [0.15, 0.2) is 0 Å². The molecule has 3 aliphatic carbocycles. The third kappa shape index (κ3) is 5.27. The molecular formula is C26H42N8O2S. The van der Waals surface area contributed by atoms with Gasteiger partial charge >= 0.3 is 0 Å². The lowest BCUT2D eigenvalue weighted by Crippen LogP contribution is -2.57. The van der Waals surface area contributed by atoms with Crippen molar-refractivity contribution in [3.05, 3.63) is 21.5 Å². The van der Waals surface area contributed by atoms with Gasteiger partial charge in [-0.2, -0.15) is 0 Å². The van der Waals surface area contributed by atoms with Crippen LogP contribution in [0.4, 0.5) is 0 Å². The molecule has 2 amide bonds. The zero-order chi connectivity index (χ0) is 25.2. The van der Waals surface area contributed by atoms with Crippen LogP contribution in [-0.4, -0.2) is 46.0 Å². The molecule has 0 bridgehead atoms. The minimum Gasteiger partial charge on any atom is -0.348 e. The molecule has 6 N–H and O–H groups in total. The topological polar surface area (TPSA) is 113 Å². The molecule has 4 fully saturated rings. The van der Waals surface area contributed by atoms with Gasteiger partial charge in [0.05, 0.1) is 12.1 Å². The molecule has 2 unspecified atom stereocenters. The lowest BCUT2D eigenvalue weighted by Gasteiger charge is -2.40. The van der Waals surface area contributed by atoms with E-state index in [1.165, 1.54) is 63.1 Å². The number of hydrogen-bond acceptors (Lipinski definition) is 9. The van der Waals surface area contributed by atoms with Crippen LogP contribution in [0, 0.1) is 0 Å². The van der Waals surface area contributed by atoms with Crippen molar-refractivity contribution in [2.75, 3.05) is 0 Å². The highest BCUT2D eigenvalue weighted by Crippen LogP contribution is 2.45. The molecule has 6 aliphatic rings. The zero-order valence-electron chi connectivity index (χ0n) is 21.7. The third-order valence-corrected chi connectivity index (χ3v) is 10.0. The van der Waals surface area contributed by atoms with Crippen LogP contribution < -0.4 is 32.6 Å². The third-order valence-electron chi connectivity index (χ3n) is 8.85. The molecule has 3 aliphatic heterocycles. The van der Waals surface area contributed by atoms with Crippen molar-refractivity contribution in [1.29, 1.82) is 0 Å². The second-order valence-electron chi connectivity index (χ2n) is 11.4. The Labute approximate surface area is 224 Å². The summed E-state index contributed by atoms with van der Waals surface area (Å²) in [6.45, 7) is 0. The second kappa shape index (κ2) is 11.3. The Kier molecular flexibility index (Phi) is 7.71. The first-order chi connectivity index (χ1) is 18.2. The first-order valence-electron chi connectivity index (χ1n) is 14.6. The van der Waals surface area contributed by atoms with Gasteiger partial charge in [-0.3, -0.25) is 30.5 Å². The van der Waals surface area contributed by atoms with Crippen molar-refractivity contribution in [3.63, 3.8) is 0 Å². The summed E-state index contributed by atoms with van der Waals surface area (Å²) in [5.74, 6) is -0.122. The Morgan fingerprint density at radius 2 is 0.973 bits per heavy atom. The van der Waals surface area contributed by atoms with Crippen molar-refractivity contribution in [3.8, 4) is 0 Å². The van der Waals surface area contributed by atoms with Crippen LogP contribution >= 0.6 is 11.8 Å². The standard InChI is InChI=1S/C26H42N8O2S/c35-23(27-17-11-5-1-2-6-12-17)21-25-33(31-29-21)19-15-9-10-16-20(19)34-26(37-25)22(30-32-34)24(36)28-18-13-7-3-4-8-14-18/h17-20,29-32H,1-16H2,(H,27,35)(H,28,36). The maximum absolute atomic E-state index is 13.5. The van der Waals surface area contributed by atoms with E-state index in [0.717, 1.165) is 61.4 Å². The Bertz CT molecular complexity index is 865. The molecule has 3 heterocycles. The van der Waals surface area contributed by atoms with Crippen LogP contribution in [0.5, 0.6) is 0 Å². The summed E-state index contributed by atoms with van der Waals surface area (Å²) >= 11 is 1.50.